The van der Waals surface area contributed by atoms with Gasteiger partial charge < -0.3 is 28.9 Å². The van der Waals surface area contributed by atoms with Crippen LogP contribution in [-0.4, -0.2) is 68.3 Å². The van der Waals surface area contributed by atoms with E-state index in [1.165, 1.54) is 16.2 Å². The molecule has 1 aromatic carbocycles. The second-order valence-electron chi connectivity index (χ2n) is 8.40. The number of hydrogen-bond donors (Lipinski definition) is 3. The summed E-state index contributed by atoms with van der Waals surface area (Å²) in [6.07, 6.45) is 4.04. The van der Waals surface area contributed by atoms with E-state index in [1.807, 2.05) is 18.2 Å². The number of rotatable bonds is 11. The summed E-state index contributed by atoms with van der Waals surface area (Å²) in [7, 11) is 1.70. The van der Waals surface area contributed by atoms with Crippen LogP contribution < -0.4 is 14.5 Å². The van der Waals surface area contributed by atoms with Crippen LogP contribution in [0.1, 0.15) is 18.2 Å². The Bertz CT molecular complexity index is 800. The number of ether oxygens (including phenoxy) is 2. The van der Waals surface area contributed by atoms with Crippen LogP contribution in [0.15, 0.2) is 55.3 Å². The molecule has 0 spiro atoms. The quantitative estimate of drug-likeness (QED) is 0.445. The van der Waals surface area contributed by atoms with Gasteiger partial charge in [0.15, 0.2) is 0 Å². The van der Waals surface area contributed by atoms with Crippen LogP contribution >= 0.6 is 0 Å². The third kappa shape index (κ3) is 5.73. The number of morpholine rings is 1. The zero-order valence-corrected chi connectivity index (χ0v) is 18.4. The molecule has 0 radical (unpaired) electrons. The van der Waals surface area contributed by atoms with Crippen LogP contribution in [0.4, 0.5) is 0 Å². The topological polar surface area (TPSA) is 52.5 Å². The number of aromatic nitrogens is 1. The Morgan fingerprint density at radius 1 is 1.30 bits per heavy atom. The van der Waals surface area contributed by atoms with E-state index < -0.39 is 0 Å². The first-order chi connectivity index (χ1) is 14.6. The fourth-order valence-electron chi connectivity index (χ4n) is 4.08. The lowest BCUT2D eigenvalue weighted by molar-refractivity contribution is -0.992. The monoisotopic (exact) mass is 415 g/mol. The molecule has 0 bridgehead atoms. The van der Waals surface area contributed by atoms with Gasteiger partial charge in [-0.25, -0.2) is 0 Å². The molecule has 2 atom stereocenters. The predicted octanol–water partition coefficient (Wildman–Crippen LogP) is -0.218. The Hall–Kier alpha value is -2.12. The molecule has 6 heteroatoms. The molecule has 0 aliphatic carbocycles. The zero-order valence-electron chi connectivity index (χ0n) is 18.4. The minimum absolute atomic E-state index is 0.0842. The summed E-state index contributed by atoms with van der Waals surface area (Å²) in [5.41, 5.74) is 2.09. The van der Waals surface area contributed by atoms with Gasteiger partial charge in [0.25, 0.3) is 0 Å². The van der Waals surface area contributed by atoms with Crippen molar-refractivity contribution in [3.63, 3.8) is 0 Å². The van der Waals surface area contributed by atoms with Crippen LogP contribution in [0.25, 0.3) is 0 Å². The number of nitrogens with zero attached hydrogens (tertiary/aromatic N) is 1. The normalized spacial score (nSPS) is 18.0. The van der Waals surface area contributed by atoms with Gasteiger partial charge in [-0.1, -0.05) is 18.7 Å². The van der Waals surface area contributed by atoms with Crippen LogP contribution in [0, 0.1) is 0 Å². The number of aliphatic hydroxyl groups excluding tert-OH is 1. The summed E-state index contributed by atoms with van der Waals surface area (Å²) >= 11 is 0. The van der Waals surface area contributed by atoms with Gasteiger partial charge in [0, 0.05) is 12.7 Å². The summed E-state index contributed by atoms with van der Waals surface area (Å²) in [6, 6.07) is 12.5. The lowest BCUT2D eigenvalue weighted by Crippen LogP contribution is -3.24. The van der Waals surface area contributed by atoms with Crippen molar-refractivity contribution < 1.29 is 24.4 Å². The molecule has 6 nitrogen and oxygen atoms in total. The molecule has 1 aliphatic rings. The number of hydrogen-bond acceptors (Lipinski definition) is 3. The highest BCUT2D eigenvalue weighted by Crippen LogP contribution is 2.15. The second kappa shape index (κ2) is 10.8. The summed E-state index contributed by atoms with van der Waals surface area (Å²) in [5, 5.41) is 10.1. The Morgan fingerprint density at radius 3 is 2.80 bits per heavy atom. The van der Waals surface area contributed by atoms with Crippen molar-refractivity contribution in [1.29, 1.82) is 0 Å². The predicted molar refractivity (Wildman–Crippen MR) is 118 cm³/mol. The Kier molecular flexibility index (Phi) is 8.10. The lowest BCUT2D eigenvalue weighted by Gasteiger charge is -2.35. The summed E-state index contributed by atoms with van der Waals surface area (Å²) < 4.78 is 13.2. The Balaban J connectivity index is 1.73. The van der Waals surface area contributed by atoms with E-state index in [2.05, 4.69) is 48.5 Å². The molecule has 164 valence electrons. The molecule has 1 fully saturated rings. The van der Waals surface area contributed by atoms with E-state index in [1.54, 1.807) is 12.0 Å². The first kappa shape index (κ1) is 22.6. The van der Waals surface area contributed by atoms with Crippen LogP contribution in [-0.2, 0) is 17.8 Å². The van der Waals surface area contributed by atoms with Crippen molar-refractivity contribution in [2.24, 2.45) is 0 Å². The zero-order chi connectivity index (χ0) is 21.4. The highest BCUT2D eigenvalue weighted by atomic mass is 16.5. The van der Waals surface area contributed by atoms with Gasteiger partial charge in [0.05, 0.1) is 26.0 Å². The van der Waals surface area contributed by atoms with Gasteiger partial charge in [0.1, 0.15) is 50.6 Å². The van der Waals surface area contributed by atoms with E-state index in [0.29, 0.717) is 0 Å². The van der Waals surface area contributed by atoms with E-state index in [4.69, 9.17) is 9.47 Å². The number of quaternary nitrogens is 2. The van der Waals surface area contributed by atoms with Gasteiger partial charge in [-0.3, -0.25) is 0 Å². The largest absolute Gasteiger partial charge is 0.497 e. The molecule has 0 amide bonds. The lowest BCUT2D eigenvalue weighted by atomic mass is 10.0. The van der Waals surface area contributed by atoms with E-state index in [9.17, 15) is 5.11 Å². The maximum absolute atomic E-state index is 10.1. The molecule has 1 aromatic heterocycles. The van der Waals surface area contributed by atoms with Gasteiger partial charge in [0.2, 0.25) is 0 Å². The molecule has 1 saturated heterocycles. The van der Waals surface area contributed by atoms with E-state index in [-0.39, 0.29) is 12.1 Å². The maximum Gasteiger partial charge on any atom is 0.137 e. The molecule has 2 aromatic rings. The second-order valence-corrected chi connectivity index (χ2v) is 8.40. The molecule has 3 N–H and O–H groups in total. The Morgan fingerprint density at radius 2 is 2.10 bits per heavy atom. The summed E-state index contributed by atoms with van der Waals surface area (Å²) in [6.45, 7) is 13.7. The van der Waals surface area contributed by atoms with Crippen molar-refractivity contribution in [3.8, 4) is 5.75 Å². The molecule has 30 heavy (non-hydrogen) atoms. The minimum atomic E-state index is -0.378. The van der Waals surface area contributed by atoms with Gasteiger partial charge >= 0.3 is 0 Å². The highest BCUT2D eigenvalue weighted by molar-refractivity contribution is 5.29. The molecule has 1 aliphatic heterocycles. The van der Waals surface area contributed by atoms with E-state index in [0.717, 1.165) is 58.2 Å². The maximum atomic E-state index is 10.1. The first-order valence-corrected chi connectivity index (χ1v) is 10.9. The van der Waals surface area contributed by atoms with E-state index >= 15 is 0 Å². The SMILES string of the molecule is C=C[C@@](C)(CO)[NH+](CC[NH+]1CCOCC1)Cc1cccn1Cc1cccc(OC)c1. The Labute approximate surface area is 180 Å². The van der Waals surface area contributed by atoms with Crippen LogP contribution in [0.5, 0.6) is 5.75 Å². The van der Waals surface area contributed by atoms with Crippen molar-refractivity contribution >= 4 is 0 Å². The summed E-state index contributed by atoms with van der Waals surface area (Å²) in [4.78, 5) is 2.92. The number of benzene rings is 1. The third-order valence-corrected chi connectivity index (χ3v) is 6.37. The molecular weight excluding hydrogens is 378 g/mol. The van der Waals surface area contributed by atoms with Gasteiger partial charge in [-0.05, 0) is 42.8 Å². The van der Waals surface area contributed by atoms with Crippen LogP contribution in [0.3, 0.4) is 0 Å². The van der Waals surface area contributed by atoms with Gasteiger partial charge in [-0.2, -0.15) is 0 Å². The number of methoxy groups -OCH3 is 1. The first-order valence-electron chi connectivity index (χ1n) is 10.9. The molecular formula is C24H37N3O3+2. The average Bonchev–Trinajstić information content (AvgIpc) is 3.23. The molecule has 0 saturated carbocycles. The summed E-state index contributed by atoms with van der Waals surface area (Å²) in [5.74, 6) is 0.876. The fourth-order valence-corrected chi connectivity index (χ4v) is 4.08. The third-order valence-electron chi connectivity index (χ3n) is 6.37. The fraction of sp³-hybridized carbons (Fsp3) is 0.500. The standard InChI is InChI=1S/C24H35N3O3/c1-4-24(2,20-28)27(12-11-25-13-15-30-16-14-25)19-22-8-6-10-26(22)18-21-7-5-9-23(17-21)29-3/h4-10,17,28H,1,11-16,18-20H2,2-3H3/p+2/t24-/m0/s1. The smallest absolute Gasteiger partial charge is 0.137 e. The van der Waals surface area contributed by atoms with Crippen molar-refractivity contribution in [3.05, 3.63) is 66.5 Å². The minimum Gasteiger partial charge on any atom is -0.497 e. The highest BCUT2D eigenvalue weighted by Gasteiger charge is 2.34. The number of nitrogens with one attached hydrogen (secondary N) is 2. The molecule has 3 rings (SSSR count). The van der Waals surface area contributed by atoms with Crippen LogP contribution in [0.2, 0.25) is 0 Å². The average molecular weight is 416 g/mol. The van der Waals surface area contributed by atoms with Crippen molar-refractivity contribution in [2.75, 3.05) is 53.1 Å². The van der Waals surface area contributed by atoms with Gasteiger partial charge in [-0.15, -0.1) is 0 Å². The number of aliphatic hydroxyl groups is 1. The molecule has 2 heterocycles. The molecule has 1 unspecified atom stereocenters. The van der Waals surface area contributed by atoms with Crippen molar-refractivity contribution in [2.45, 2.75) is 25.6 Å². The van der Waals surface area contributed by atoms with Crippen molar-refractivity contribution in [1.82, 2.24) is 4.57 Å².